The number of carboxylic acid groups (broad SMARTS) is 2. The summed E-state index contributed by atoms with van der Waals surface area (Å²) in [6, 6.07) is 15.6. The summed E-state index contributed by atoms with van der Waals surface area (Å²) >= 11 is 0. The maximum absolute atomic E-state index is 10.9. The van der Waals surface area contributed by atoms with E-state index in [9.17, 15) is 9.59 Å². The third kappa shape index (κ3) is 5.74. The Morgan fingerprint density at radius 3 is 1.50 bits per heavy atom. The molecule has 4 heteroatoms. The molecule has 0 saturated heterocycles. The highest BCUT2D eigenvalue weighted by molar-refractivity contribution is 5.91. The van der Waals surface area contributed by atoms with Crippen LogP contribution in [0.25, 0.3) is 12.2 Å². The molecule has 0 atom stereocenters. The van der Waals surface area contributed by atoms with E-state index in [1.807, 2.05) is 48.5 Å². The molecule has 0 fully saturated rings. The Kier molecular flexibility index (Phi) is 6.50. The zero-order chi connectivity index (χ0) is 19.1. The third-order valence-corrected chi connectivity index (χ3v) is 4.05. The van der Waals surface area contributed by atoms with Crippen molar-refractivity contribution in [3.05, 3.63) is 81.9 Å². The summed E-state index contributed by atoms with van der Waals surface area (Å²) in [7, 11) is 0. The highest BCUT2D eigenvalue weighted by Gasteiger charge is 2.03. The lowest BCUT2D eigenvalue weighted by Gasteiger charge is -2.05. The van der Waals surface area contributed by atoms with Crippen LogP contribution >= 0.6 is 0 Å². The lowest BCUT2D eigenvalue weighted by molar-refractivity contribution is -0.133. The summed E-state index contributed by atoms with van der Waals surface area (Å²) in [6.45, 7) is 3.15. The summed E-state index contributed by atoms with van der Waals surface area (Å²) in [5.74, 6) is -1.84. The predicted molar refractivity (Wildman–Crippen MR) is 103 cm³/mol. The molecule has 134 valence electrons. The topological polar surface area (TPSA) is 74.6 Å². The van der Waals surface area contributed by atoms with Crippen molar-refractivity contribution in [2.24, 2.45) is 0 Å². The minimum Gasteiger partial charge on any atom is -0.478 e. The van der Waals surface area contributed by atoms with Crippen molar-refractivity contribution in [1.29, 1.82) is 0 Å². The number of carbonyl (C=O) groups is 2. The Morgan fingerprint density at radius 2 is 1.15 bits per heavy atom. The highest BCUT2D eigenvalue weighted by Crippen LogP contribution is 2.15. The minimum absolute atomic E-state index is 0.301. The van der Waals surface area contributed by atoms with Crippen LogP contribution in [0.5, 0.6) is 0 Å². The summed E-state index contributed by atoms with van der Waals surface area (Å²) in [4.78, 5) is 21.9. The van der Waals surface area contributed by atoms with Gasteiger partial charge in [-0.05, 0) is 61.1 Å². The summed E-state index contributed by atoms with van der Waals surface area (Å²) in [6.07, 6.45) is 4.95. The smallest absolute Gasteiger partial charge is 0.331 e. The Morgan fingerprint density at radius 1 is 0.769 bits per heavy atom. The van der Waals surface area contributed by atoms with Crippen molar-refractivity contribution in [2.75, 3.05) is 0 Å². The average Bonchev–Trinajstić information content (AvgIpc) is 2.60. The second kappa shape index (κ2) is 8.81. The van der Waals surface area contributed by atoms with Gasteiger partial charge in [-0.15, -0.1) is 0 Å². The van der Waals surface area contributed by atoms with Crippen LogP contribution in [0.15, 0.2) is 59.7 Å². The average molecular weight is 350 g/mol. The second-order valence-electron chi connectivity index (χ2n) is 6.26. The molecule has 0 aliphatic carbocycles. The maximum Gasteiger partial charge on any atom is 0.331 e. The third-order valence-electron chi connectivity index (χ3n) is 4.05. The summed E-state index contributed by atoms with van der Waals surface area (Å²) in [5.41, 5.74) is 4.59. The van der Waals surface area contributed by atoms with Crippen LogP contribution in [0, 0.1) is 0 Å². The molecule has 2 aromatic carbocycles. The van der Waals surface area contributed by atoms with Crippen molar-refractivity contribution in [3.63, 3.8) is 0 Å². The number of aryl methyl sites for hydroxylation is 2. The molecular weight excluding hydrogens is 328 g/mol. The Labute approximate surface area is 153 Å². The largest absolute Gasteiger partial charge is 0.478 e. The molecule has 0 spiro atoms. The first-order valence-corrected chi connectivity index (χ1v) is 8.36. The van der Waals surface area contributed by atoms with Gasteiger partial charge in [0.1, 0.15) is 0 Å². The molecule has 2 rings (SSSR count). The molecule has 0 aliphatic heterocycles. The molecule has 0 amide bonds. The van der Waals surface area contributed by atoms with E-state index in [-0.39, 0.29) is 0 Å². The molecule has 0 radical (unpaired) electrons. The van der Waals surface area contributed by atoms with E-state index in [1.165, 1.54) is 0 Å². The van der Waals surface area contributed by atoms with E-state index in [0.717, 1.165) is 35.1 Å². The fraction of sp³-hybridized carbons (Fsp3) is 0.182. The van der Waals surface area contributed by atoms with E-state index in [1.54, 1.807) is 26.0 Å². The van der Waals surface area contributed by atoms with Crippen LogP contribution in [-0.4, -0.2) is 22.2 Å². The fourth-order valence-electron chi connectivity index (χ4n) is 2.59. The molecule has 0 bridgehead atoms. The highest BCUT2D eigenvalue weighted by atomic mass is 16.4. The quantitative estimate of drug-likeness (QED) is 0.724. The van der Waals surface area contributed by atoms with Crippen LogP contribution in [0.2, 0.25) is 0 Å². The van der Waals surface area contributed by atoms with E-state index in [2.05, 4.69) is 0 Å². The van der Waals surface area contributed by atoms with E-state index < -0.39 is 11.9 Å². The maximum atomic E-state index is 10.9. The Balaban J connectivity index is 2.10. The van der Waals surface area contributed by atoms with Gasteiger partial charge >= 0.3 is 11.9 Å². The molecule has 4 nitrogen and oxygen atoms in total. The number of aliphatic carboxylic acids is 2. The molecule has 0 heterocycles. The van der Waals surface area contributed by atoms with Crippen molar-refractivity contribution >= 4 is 24.1 Å². The molecule has 2 N–H and O–H groups in total. The zero-order valence-electron chi connectivity index (χ0n) is 14.9. The van der Waals surface area contributed by atoms with Crippen LogP contribution in [0.1, 0.15) is 36.1 Å². The molecule has 2 aromatic rings. The molecular formula is C22H22O4. The number of hydrogen-bond donors (Lipinski definition) is 2. The predicted octanol–water partition coefficient (Wildman–Crippen LogP) is 4.45. The van der Waals surface area contributed by atoms with Gasteiger partial charge in [0.05, 0.1) is 0 Å². The Bertz CT molecular complexity index is 802. The molecule has 0 aliphatic rings. The van der Waals surface area contributed by atoms with Gasteiger partial charge in [-0.3, -0.25) is 0 Å². The van der Waals surface area contributed by atoms with Gasteiger partial charge in [0.2, 0.25) is 0 Å². The van der Waals surface area contributed by atoms with Gasteiger partial charge in [-0.1, -0.05) is 48.5 Å². The van der Waals surface area contributed by atoms with Crippen LogP contribution < -0.4 is 0 Å². The van der Waals surface area contributed by atoms with Gasteiger partial charge in [0, 0.05) is 11.1 Å². The first kappa shape index (κ1) is 19.2. The fourth-order valence-corrected chi connectivity index (χ4v) is 2.59. The molecule has 0 unspecified atom stereocenters. The van der Waals surface area contributed by atoms with E-state index in [0.29, 0.717) is 11.1 Å². The van der Waals surface area contributed by atoms with Crippen molar-refractivity contribution in [2.45, 2.75) is 26.7 Å². The first-order valence-electron chi connectivity index (χ1n) is 8.36. The lowest BCUT2D eigenvalue weighted by Crippen LogP contribution is -1.97. The second-order valence-corrected chi connectivity index (χ2v) is 6.26. The first-order chi connectivity index (χ1) is 12.3. The molecule has 0 saturated carbocycles. The number of hydrogen-bond acceptors (Lipinski definition) is 2. The van der Waals surface area contributed by atoms with Crippen molar-refractivity contribution in [3.8, 4) is 0 Å². The standard InChI is InChI=1S/C22H22O4/c1-15(21(23)24)11-19-7-3-5-17(13-19)9-10-18-6-4-8-20(14-18)12-16(2)22(25)26/h3-8,11-14H,9-10H2,1-2H3,(H,23,24)(H,25,26). The van der Waals surface area contributed by atoms with E-state index >= 15 is 0 Å². The molecule has 26 heavy (non-hydrogen) atoms. The van der Waals surface area contributed by atoms with Gasteiger partial charge in [-0.25, -0.2) is 9.59 Å². The normalized spacial score (nSPS) is 12.1. The number of benzene rings is 2. The Hall–Kier alpha value is -3.14. The van der Waals surface area contributed by atoms with Crippen molar-refractivity contribution < 1.29 is 19.8 Å². The minimum atomic E-state index is -0.920. The van der Waals surface area contributed by atoms with Crippen molar-refractivity contribution in [1.82, 2.24) is 0 Å². The van der Waals surface area contributed by atoms with Crippen LogP contribution in [0.4, 0.5) is 0 Å². The van der Waals surface area contributed by atoms with Gasteiger partial charge in [0.25, 0.3) is 0 Å². The van der Waals surface area contributed by atoms with Gasteiger partial charge in [0.15, 0.2) is 0 Å². The van der Waals surface area contributed by atoms with Gasteiger partial charge < -0.3 is 10.2 Å². The SMILES string of the molecule is CC(=Cc1cccc(CCc2cccc(C=C(C)C(=O)O)c2)c1)C(=O)O. The zero-order valence-corrected chi connectivity index (χ0v) is 14.9. The summed E-state index contributed by atoms with van der Waals surface area (Å²) in [5, 5.41) is 18.0. The van der Waals surface area contributed by atoms with Gasteiger partial charge in [-0.2, -0.15) is 0 Å². The van der Waals surface area contributed by atoms with Crippen LogP contribution in [0.3, 0.4) is 0 Å². The summed E-state index contributed by atoms with van der Waals surface area (Å²) < 4.78 is 0. The lowest BCUT2D eigenvalue weighted by atomic mass is 10.00. The number of rotatable bonds is 7. The van der Waals surface area contributed by atoms with E-state index in [4.69, 9.17) is 10.2 Å². The monoisotopic (exact) mass is 350 g/mol. The molecule has 0 aromatic heterocycles. The number of carboxylic acids is 2. The van der Waals surface area contributed by atoms with Crippen LogP contribution in [-0.2, 0) is 22.4 Å².